The zero-order chi connectivity index (χ0) is 10.7. The van der Waals surface area contributed by atoms with E-state index in [1.165, 1.54) is 12.1 Å². The number of carboxylic acids is 1. The van der Waals surface area contributed by atoms with Crippen molar-refractivity contribution in [3.8, 4) is 0 Å². The maximum atomic E-state index is 13.0. The van der Waals surface area contributed by atoms with Crippen molar-refractivity contribution in [1.82, 2.24) is 0 Å². The molecule has 3 heteroatoms. The van der Waals surface area contributed by atoms with Crippen LogP contribution in [0, 0.1) is 11.2 Å². The first-order valence-corrected chi connectivity index (χ1v) is 5.06. The van der Waals surface area contributed by atoms with Crippen molar-refractivity contribution < 1.29 is 14.3 Å². The smallest absolute Gasteiger partial charge is 0.309 e. The van der Waals surface area contributed by atoms with E-state index in [1.54, 1.807) is 6.07 Å². The molecule has 3 aliphatic carbocycles. The standard InChI is InChI=1S/C12H11FO2/c13-9-3-1-2-8(4-9)11-5-12(6-11,7-11)10(14)15/h1-4H,5-7H2,(H,14,15). The van der Waals surface area contributed by atoms with E-state index in [0.29, 0.717) is 19.3 Å². The van der Waals surface area contributed by atoms with Gasteiger partial charge in [0.25, 0.3) is 0 Å². The molecule has 0 radical (unpaired) electrons. The molecule has 2 nitrogen and oxygen atoms in total. The molecule has 1 N–H and O–H groups in total. The Kier molecular flexibility index (Phi) is 1.43. The van der Waals surface area contributed by atoms with E-state index in [-0.39, 0.29) is 11.2 Å². The number of hydrogen-bond donors (Lipinski definition) is 1. The molecule has 0 aromatic heterocycles. The Morgan fingerprint density at radius 3 is 2.53 bits per heavy atom. The van der Waals surface area contributed by atoms with Gasteiger partial charge in [0.1, 0.15) is 5.82 Å². The van der Waals surface area contributed by atoms with Crippen LogP contribution in [0.5, 0.6) is 0 Å². The third kappa shape index (κ3) is 0.954. The van der Waals surface area contributed by atoms with Crippen molar-refractivity contribution in [3.05, 3.63) is 35.6 Å². The van der Waals surface area contributed by atoms with Crippen LogP contribution in [0.2, 0.25) is 0 Å². The molecule has 0 heterocycles. The highest BCUT2D eigenvalue weighted by Gasteiger charge is 2.72. The molecule has 1 aromatic carbocycles. The van der Waals surface area contributed by atoms with E-state index in [1.807, 2.05) is 6.07 Å². The Labute approximate surface area is 86.7 Å². The number of rotatable bonds is 2. The summed E-state index contributed by atoms with van der Waals surface area (Å²) < 4.78 is 13.0. The van der Waals surface area contributed by atoms with Crippen LogP contribution < -0.4 is 0 Å². The molecule has 0 saturated heterocycles. The highest BCUT2D eigenvalue weighted by molar-refractivity contribution is 5.80. The van der Waals surface area contributed by atoms with Crippen molar-refractivity contribution in [3.63, 3.8) is 0 Å². The number of hydrogen-bond acceptors (Lipinski definition) is 1. The normalized spacial score (nSPS) is 36.6. The van der Waals surface area contributed by atoms with Crippen LogP contribution in [0.3, 0.4) is 0 Å². The van der Waals surface area contributed by atoms with Gasteiger partial charge in [0.05, 0.1) is 5.41 Å². The highest BCUT2D eigenvalue weighted by Crippen LogP contribution is 2.73. The van der Waals surface area contributed by atoms with Crippen molar-refractivity contribution >= 4 is 5.97 Å². The molecular weight excluding hydrogens is 195 g/mol. The van der Waals surface area contributed by atoms with E-state index < -0.39 is 11.4 Å². The van der Waals surface area contributed by atoms with Crippen molar-refractivity contribution in [2.24, 2.45) is 5.41 Å². The molecule has 0 spiro atoms. The Balaban J connectivity index is 1.87. The van der Waals surface area contributed by atoms with Gasteiger partial charge in [0, 0.05) is 0 Å². The third-order valence-electron chi connectivity index (χ3n) is 3.92. The van der Waals surface area contributed by atoms with Crippen molar-refractivity contribution in [2.75, 3.05) is 0 Å². The molecule has 78 valence electrons. The lowest BCUT2D eigenvalue weighted by Crippen LogP contribution is -2.67. The number of halogens is 1. The van der Waals surface area contributed by atoms with Crippen LogP contribution >= 0.6 is 0 Å². The molecular formula is C12H11FO2. The average molecular weight is 206 g/mol. The summed E-state index contributed by atoms with van der Waals surface area (Å²) in [5.74, 6) is -0.928. The summed E-state index contributed by atoms with van der Waals surface area (Å²) in [6.45, 7) is 0. The Morgan fingerprint density at radius 2 is 2.00 bits per heavy atom. The van der Waals surface area contributed by atoms with Gasteiger partial charge in [0.2, 0.25) is 0 Å². The maximum Gasteiger partial charge on any atom is 0.309 e. The molecule has 0 unspecified atom stereocenters. The predicted molar refractivity (Wildman–Crippen MR) is 52.0 cm³/mol. The molecule has 1 aromatic rings. The average Bonchev–Trinajstić information content (AvgIpc) is 1.97. The lowest BCUT2D eigenvalue weighted by Gasteiger charge is -2.68. The van der Waals surface area contributed by atoms with E-state index in [2.05, 4.69) is 0 Å². The van der Waals surface area contributed by atoms with Gasteiger partial charge in [0.15, 0.2) is 0 Å². The molecule has 3 fully saturated rings. The van der Waals surface area contributed by atoms with Gasteiger partial charge in [-0.2, -0.15) is 0 Å². The number of carbonyl (C=O) groups is 1. The fourth-order valence-corrected chi connectivity index (χ4v) is 3.14. The maximum absolute atomic E-state index is 13.0. The van der Waals surface area contributed by atoms with Gasteiger partial charge in [-0.05, 0) is 42.4 Å². The van der Waals surface area contributed by atoms with Gasteiger partial charge in [-0.25, -0.2) is 4.39 Å². The molecule has 0 atom stereocenters. The summed E-state index contributed by atoms with van der Waals surface area (Å²) in [6, 6.07) is 6.54. The van der Waals surface area contributed by atoms with Crippen LogP contribution in [0.15, 0.2) is 24.3 Å². The molecule has 2 bridgehead atoms. The number of aliphatic carboxylic acids is 1. The molecule has 3 aliphatic rings. The minimum Gasteiger partial charge on any atom is -0.481 e. The Bertz CT molecular complexity index is 433. The Morgan fingerprint density at radius 1 is 1.33 bits per heavy atom. The summed E-state index contributed by atoms with van der Waals surface area (Å²) in [4.78, 5) is 10.9. The third-order valence-corrected chi connectivity index (χ3v) is 3.92. The van der Waals surface area contributed by atoms with Crippen LogP contribution in [0.25, 0.3) is 0 Å². The van der Waals surface area contributed by atoms with Gasteiger partial charge in [-0.15, -0.1) is 0 Å². The van der Waals surface area contributed by atoms with Crippen LogP contribution in [-0.2, 0) is 10.2 Å². The SMILES string of the molecule is O=C(O)C12CC(c3cccc(F)c3)(C1)C2. The first kappa shape index (κ1) is 8.89. The molecule has 0 amide bonds. The topological polar surface area (TPSA) is 37.3 Å². The van der Waals surface area contributed by atoms with Gasteiger partial charge < -0.3 is 5.11 Å². The molecule has 3 saturated carbocycles. The lowest BCUT2D eigenvalue weighted by atomic mass is 9.33. The lowest BCUT2D eigenvalue weighted by molar-refractivity contribution is -0.194. The zero-order valence-electron chi connectivity index (χ0n) is 8.16. The van der Waals surface area contributed by atoms with Gasteiger partial charge >= 0.3 is 5.97 Å². The van der Waals surface area contributed by atoms with Crippen LogP contribution in [0.4, 0.5) is 4.39 Å². The second-order valence-electron chi connectivity index (χ2n) is 4.91. The van der Waals surface area contributed by atoms with Crippen LogP contribution in [-0.4, -0.2) is 11.1 Å². The summed E-state index contributed by atoms with van der Waals surface area (Å²) in [5.41, 5.74) is 0.456. The van der Waals surface area contributed by atoms with Crippen LogP contribution in [0.1, 0.15) is 24.8 Å². The first-order valence-electron chi connectivity index (χ1n) is 5.06. The van der Waals surface area contributed by atoms with E-state index >= 15 is 0 Å². The Hall–Kier alpha value is -1.38. The molecule has 15 heavy (non-hydrogen) atoms. The van der Waals surface area contributed by atoms with E-state index in [0.717, 1.165) is 5.56 Å². The first-order chi connectivity index (χ1) is 7.06. The minimum atomic E-state index is -0.694. The quantitative estimate of drug-likeness (QED) is 0.806. The van der Waals surface area contributed by atoms with E-state index in [9.17, 15) is 9.18 Å². The second kappa shape index (κ2) is 2.40. The predicted octanol–water partition coefficient (Wildman–Crippen LogP) is 2.33. The zero-order valence-corrected chi connectivity index (χ0v) is 8.16. The number of carboxylic acid groups (broad SMARTS) is 1. The highest BCUT2D eigenvalue weighted by atomic mass is 19.1. The monoisotopic (exact) mass is 206 g/mol. The van der Waals surface area contributed by atoms with E-state index in [4.69, 9.17) is 5.11 Å². The fourth-order valence-electron chi connectivity index (χ4n) is 3.14. The second-order valence-corrected chi connectivity index (χ2v) is 4.91. The van der Waals surface area contributed by atoms with Crippen molar-refractivity contribution in [1.29, 1.82) is 0 Å². The summed E-state index contributed by atoms with van der Waals surface area (Å²) >= 11 is 0. The largest absolute Gasteiger partial charge is 0.481 e. The molecule has 4 rings (SSSR count). The van der Waals surface area contributed by atoms with Gasteiger partial charge in [-0.3, -0.25) is 4.79 Å². The van der Waals surface area contributed by atoms with Gasteiger partial charge in [-0.1, -0.05) is 12.1 Å². The minimum absolute atomic E-state index is 0.0273. The summed E-state index contributed by atoms with van der Waals surface area (Å²) in [5, 5.41) is 8.97. The molecule has 0 aliphatic heterocycles. The fraction of sp³-hybridized carbons (Fsp3) is 0.417. The summed E-state index contributed by atoms with van der Waals surface area (Å²) in [7, 11) is 0. The summed E-state index contributed by atoms with van der Waals surface area (Å²) in [6.07, 6.45) is 2.04. The van der Waals surface area contributed by atoms with Crippen molar-refractivity contribution in [2.45, 2.75) is 24.7 Å². The number of benzene rings is 1.